The van der Waals surface area contributed by atoms with Crippen LogP contribution in [0.1, 0.15) is 34.5 Å². The number of hydrogen-bond acceptors (Lipinski definition) is 3. The van der Waals surface area contributed by atoms with Crippen LogP contribution < -0.4 is 4.72 Å². The molecule has 130 valence electrons. The molecule has 0 unspecified atom stereocenters. The molecule has 1 amide bonds. The molecule has 6 nitrogen and oxygen atoms in total. The maximum atomic E-state index is 12.7. The second-order valence-electron chi connectivity index (χ2n) is 6.59. The van der Waals surface area contributed by atoms with Gasteiger partial charge in [-0.25, -0.2) is 13.1 Å². The molecule has 1 fully saturated rings. The Labute approximate surface area is 142 Å². The molecule has 24 heavy (non-hydrogen) atoms. The lowest BCUT2D eigenvalue weighted by atomic mass is 10.0. The predicted octanol–water partition coefficient (Wildman–Crippen LogP) is 1.94. The summed E-state index contributed by atoms with van der Waals surface area (Å²) in [6.07, 6.45) is 2.45. The Morgan fingerprint density at radius 3 is 2.54 bits per heavy atom. The van der Waals surface area contributed by atoms with E-state index in [0.717, 1.165) is 22.2 Å². The Kier molecular flexibility index (Phi) is 4.40. The summed E-state index contributed by atoms with van der Waals surface area (Å²) >= 11 is 0. The van der Waals surface area contributed by atoms with Crippen molar-refractivity contribution in [2.75, 3.05) is 19.3 Å². The van der Waals surface area contributed by atoms with Gasteiger partial charge in [0.2, 0.25) is 10.0 Å². The molecule has 3 rings (SSSR count). The van der Waals surface area contributed by atoms with Gasteiger partial charge in [0.15, 0.2) is 0 Å². The van der Waals surface area contributed by atoms with Crippen LogP contribution in [-0.4, -0.2) is 49.6 Å². The van der Waals surface area contributed by atoms with Crippen LogP contribution in [0.5, 0.6) is 0 Å². The average molecular weight is 349 g/mol. The van der Waals surface area contributed by atoms with Crippen molar-refractivity contribution in [2.24, 2.45) is 0 Å². The monoisotopic (exact) mass is 349 g/mol. The third-order valence-electron chi connectivity index (χ3n) is 4.72. The molecule has 2 N–H and O–H groups in total. The second-order valence-corrected chi connectivity index (χ2v) is 8.37. The number of hydrogen-bond donors (Lipinski definition) is 2. The molecule has 0 spiro atoms. The van der Waals surface area contributed by atoms with Gasteiger partial charge in [0.25, 0.3) is 5.91 Å². The molecule has 1 aliphatic rings. The molecule has 7 heteroatoms. The number of nitrogens with zero attached hydrogens (tertiary/aromatic N) is 1. The predicted molar refractivity (Wildman–Crippen MR) is 94.7 cm³/mol. The summed E-state index contributed by atoms with van der Waals surface area (Å²) in [6.45, 7) is 5.20. The Balaban J connectivity index is 1.72. The van der Waals surface area contributed by atoms with E-state index < -0.39 is 10.0 Å². The van der Waals surface area contributed by atoms with Crippen molar-refractivity contribution in [2.45, 2.75) is 32.7 Å². The first-order chi connectivity index (χ1) is 11.2. The summed E-state index contributed by atoms with van der Waals surface area (Å²) in [5.41, 5.74) is 4.00. The standard InChI is InChI=1S/C17H23N3O3S/c1-11-12(2)18-16-5-4-13(10-15(11)16)17(21)20-8-6-14(7-9-20)19-24(3,22)23/h4-5,10,14,18-19H,6-9H2,1-3H3. The van der Waals surface area contributed by atoms with E-state index in [9.17, 15) is 13.2 Å². The van der Waals surface area contributed by atoms with Gasteiger partial charge in [-0.05, 0) is 50.5 Å². The maximum absolute atomic E-state index is 12.7. The minimum atomic E-state index is -3.20. The largest absolute Gasteiger partial charge is 0.358 e. The number of amides is 1. The molecule has 2 aromatic rings. The first-order valence-electron chi connectivity index (χ1n) is 8.10. The number of fused-ring (bicyclic) bond motifs is 1. The number of aromatic amines is 1. The molecule has 0 bridgehead atoms. The summed E-state index contributed by atoms with van der Waals surface area (Å²) in [7, 11) is -3.20. The number of rotatable bonds is 3. The smallest absolute Gasteiger partial charge is 0.253 e. The van der Waals surface area contributed by atoms with E-state index in [2.05, 4.69) is 9.71 Å². The molecule has 0 saturated carbocycles. The topological polar surface area (TPSA) is 82.3 Å². The van der Waals surface area contributed by atoms with Gasteiger partial charge in [-0.1, -0.05) is 0 Å². The fourth-order valence-electron chi connectivity index (χ4n) is 3.28. The summed E-state index contributed by atoms with van der Waals surface area (Å²) in [5, 5.41) is 1.08. The fourth-order valence-corrected chi connectivity index (χ4v) is 4.12. The molecular weight excluding hydrogens is 326 g/mol. The van der Waals surface area contributed by atoms with Crippen molar-refractivity contribution < 1.29 is 13.2 Å². The summed E-state index contributed by atoms with van der Waals surface area (Å²) in [6, 6.07) is 5.65. The minimum Gasteiger partial charge on any atom is -0.358 e. The first-order valence-corrected chi connectivity index (χ1v) is 9.99. The van der Waals surface area contributed by atoms with Crippen LogP contribution >= 0.6 is 0 Å². The van der Waals surface area contributed by atoms with E-state index in [-0.39, 0.29) is 11.9 Å². The number of piperidine rings is 1. The van der Waals surface area contributed by atoms with E-state index in [1.54, 1.807) is 4.90 Å². The van der Waals surface area contributed by atoms with Gasteiger partial charge in [0, 0.05) is 41.3 Å². The van der Waals surface area contributed by atoms with Crippen molar-refractivity contribution in [3.8, 4) is 0 Å². The van der Waals surface area contributed by atoms with Crippen molar-refractivity contribution in [1.29, 1.82) is 0 Å². The molecule has 1 aliphatic heterocycles. The molecule has 0 atom stereocenters. The van der Waals surface area contributed by atoms with Crippen LogP contribution in [-0.2, 0) is 10.0 Å². The summed E-state index contributed by atoms with van der Waals surface area (Å²) in [5.74, 6) is 0.00737. The first kappa shape index (κ1) is 17.0. The number of sulfonamides is 1. The Morgan fingerprint density at radius 1 is 1.25 bits per heavy atom. The van der Waals surface area contributed by atoms with E-state index in [1.807, 2.05) is 32.0 Å². The molecule has 1 saturated heterocycles. The van der Waals surface area contributed by atoms with E-state index in [4.69, 9.17) is 0 Å². The normalized spacial score (nSPS) is 16.7. The number of aryl methyl sites for hydroxylation is 2. The van der Waals surface area contributed by atoms with Crippen LogP contribution in [0.15, 0.2) is 18.2 Å². The third kappa shape index (κ3) is 3.47. The van der Waals surface area contributed by atoms with Crippen LogP contribution in [0.4, 0.5) is 0 Å². The summed E-state index contributed by atoms with van der Waals surface area (Å²) < 4.78 is 25.2. The minimum absolute atomic E-state index is 0.00737. The molecule has 1 aromatic carbocycles. The third-order valence-corrected chi connectivity index (χ3v) is 5.48. The van der Waals surface area contributed by atoms with Crippen molar-refractivity contribution in [3.05, 3.63) is 35.0 Å². The number of carbonyl (C=O) groups is 1. The van der Waals surface area contributed by atoms with Gasteiger partial charge in [-0.2, -0.15) is 0 Å². The number of nitrogens with one attached hydrogen (secondary N) is 2. The molecular formula is C17H23N3O3S. The lowest BCUT2D eigenvalue weighted by Crippen LogP contribution is -2.46. The zero-order chi connectivity index (χ0) is 17.5. The highest BCUT2D eigenvalue weighted by molar-refractivity contribution is 7.88. The van der Waals surface area contributed by atoms with E-state index in [1.165, 1.54) is 6.26 Å². The van der Waals surface area contributed by atoms with Crippen molar-refractivity contribution >= 4 is 26.8 Å². The fraction of sp³-hybridized carbons (Fsp3) is 0.471. The van der Waals surface area contributed by atoms with Gasteiger partial charge >= 0.3 is 0 Å². The number of H-pyrrole nitrogens is 1. The van der Waals surface area contributed by atoms with Crippen molar-refractivity contribution in [1.82, 2.24) is 14.6 Å². The van der Waals surface area contributed by atoms with Gasteiger partial charge in [0.05, 0.1) is 6.26 Å². The molecule has 0 radical (unpaired) electrons. The average Bonchev–Trinajstić information content (AvgIpc) is 2.80. The van der Waals surface area contributed by atoms with Gasteiger partial charge < -0.3 is 9.88 Å². The van der Waals surface area contributed by atoms with Gasteiger partial charge in [-0.15, -0.1) is 0 Å². The zero-order valence-corrected chi connectivity index (χ0v) is 15.0. The van der Waals surface area contributed by atoms with E-state index in [0.29, 0.717) is 31.5 Å². The second kappa shape index (κ2) is 6.22. The highest BCUT2D eigenvalue weighted by atomic mass is 32.2. The lowest BCUT2D eigenvalue weighted by Gasteiger charge is -2.32. The van der Waals surface area contributed by atoms with Gasteiger partial charge in [-0.3, -0.25) is 4.79 Å². The number of benzene rings is 1. The molecule has 0 aliphatic carbocycles. The molecule has 1 aromatic heterocycles. The Bertz CT molecular complexity index is 878. The van der Waals surface area contributed by atoms with Crippen LogP contribution in [0.25, 0.3) is 10.9 Å². The van der Waals surface area contributed by atoms with Crippen LogP contribution in [0, 0.1) is 13.8 Å². The maximum Gasteiger partial charge on any atom is 0.253 e. The number of aromatic nitrogens is 1. The zero-order valence-electron chi connectivity index (χ0n) is 14.2. The quantitative estimate of drug-likeness (QED) is 0.888. The van der Waals surface area contributed by atoms with E-state index >= 15 is 0 Å². The lowest BCUT2D eigenvalue weighted by molar-refractivity contribution is 0.0711. The van der Waals surface area contributed by atoms with Gasteiger partial charge in [0.1, 0.15) is 0 Å². The molecule has 2 heterocycles. The van der Waals surface area contributed by atoms with Crippen LogP contribution in [0.2, 0.25) is 0 Å². The Hall–Kier alpha value is -1.86. The van der Waals surface area contributed by atoms with Crippen LogP contribution in [0.3, 0.4) is 0 Å². The Morgan fingerprint density at radius 2 is 1.92 bits per heavy atom. The highest BCUT2D eigenvalue weighted by Crippen LogP contribution is 2.23. The highest BCUT2D eigenvalue weighted by Gasteiger charge is 2.25. The number of likely N-dealkylation sites (tertiary alicyclic amines) is 1. The SMILES string of the molecule is Cc1[nH]c2ccc(C(=O)N3CCC(NS(C)(=O)=O)CC3)cc2c1C. The number of carbonyl (C=O) groups excluding carboxylic acids is 1. The summed E-state index contributed by atoms with van der Waals surface area (Å²) in [4.78, 5) is 17.8. The van der Waals surface area contributed by atoms with Crippen molar-refractivity contribution in [3.63, 3.8) is 0 Å².